The lowest BCUT2D eigenvalue weighted by Crippen LogP contribution is -2.45. The molecule has 0 radical (unpaired) electrons. The van der Waals surface area contributed by atoms with Gasteiger partial charge in [-0.15, -0.1) is 0 Å². The summed E-state index contributed by atoms with van der Waals surface area (Å²) < 4.78 is 0. The van der Waals surface area contributed by atoms with E-state index in [0.717, 1.165) is 15.7 Å². The highest BCUT2D eigenvalue weighted by molar-refractivity contribution is 6.12. The number of hydrogen-bond acceptors (Lipinski definition) is 3. The minimum absolute atomic E-state index is 0.390. The Kier molecular flexibility index (Phi) is 5.11. The number of nitrogens with one attached hydrogen (secondary N) is 2. The number of anilines is 1. The van der Waals surface area contributed by atoms with Gasteiger partial charge in [-0.3, -0.25) is 14.5 Å². The van der Waals surface area contributed by atoms with Crippen LogP contribution in [0.15, 0.2) is 103 Å². The number of imide groups is 1. The highest BCUT2D eigenvalue weighted by atomic mass is 16.2. The summed E-state index contributed by atoms with van der Waals surface area (Å²) >= 11 is 0. The highest BCUT2D eigenvalue weighted by Crippen LogP contribution is 2.35. The number of rotatable bonds is 5. The Morgan fingerprint density at radius 3 is 1.97 bits per heavy atom. The maximum Gasteiger partial charge on any atom is 0.326 e. The lowest BCUT2D eigenvalue weighted by Gasteiger charge is -2.28. The van der Waals surface area contributed by atoms with Crippen LogP contribution in [-0.2, 0) is 15.1 Å². The molecule has 1 fully saturated rings. The van der Waals surface area contributed by atoms with E-state index in [9.17, 15) is 14.4 Å². The standard InChI is InChI=1S/C27H21N3O3/c31-24(28-23-16-15-19-9-7-8-10-20(19)17-23)18-30-25(32)27(29-26(30)33,21-11-3-1-4-12-21)22-13-5-2-6-14-22/h1-17H,18H2,(H,28,31)(H,29,33). The Labute approximate surface area is 190 Å². The SMILES string of the molecule is O=C(CN1C(=O)NC(c2ccccc2)(c2ccccc2)C1=O)Nc1ccc2ccccc2c1. The van der Waals surface area contributed by atoms with Gasteiger partial charge in [0, 0.05) is 5.69 Å². The Morgan fingerprint density at radius 2 is 1.33 bits per heavy atom. The van der Waals surface area contributed by atoms with Gasteiger partial charge in [-0.25, -0.2) is 4.79 Å². The molecular weight excluding hydrogens is 414 g/mol. The fourth-order valence-electron chi connectivity index (χ4n) is 4.27. The van der Waals surface area contributed by atoms with Gasteiger partial charge in [0.2, 0.25) is 5.91 Å². The molecule has 4 aromatic rings. The quantitative estimate of drug-likeness (QED) is 0.460. The van der Waals surface area contributed by atoms with Crippen molar-refractivity contribution in [2.75, 3.05) is 11.9 Å². The first-order valence-electron chi connectivity index (χ1n) is 10.6. The van der Waals surface area contributed by atoms with Gasteiger partial charge in [0.05, 0.1) is 0 Å². The fraction of sp³-hybridized carbons (Fsp3) is 0.0741. The number of carbonyl (C=O) groups is 3. The molecule has 0 spiro atoms. The molecule has 4 aromatic carbocycles. The third kappa shape index (κ3) is 3.61. The van der Waals surface area contributed by atoms with Gasteiger partial charge in [0.25, 0.3) is 5.91 Å². The minimum atomic E-state index is -1.39. The molecule has 1 aliphatic heterocycles. The number of carbonyl (C=O) groups excluding carboxylic acids is 3. The van der Waals surface area contributed by atoms with E-state index in [-0.39, 0.29) is 6.54 Å². The van der Waals surface area contributed by atoms with Crippen LogP contribution in [0, 0.1) is 0 Å². The average Bonchev–Trinajstić information content (AvgIpc) is 3.10. The van der Waals surface area contributed by atoms with Gasteiger partial charge in [-0.1, -0.05) is 91.0 Å². The van der Waals surface area contributed by atoms with Crippen molar-refractivity contribution < 1.29 is 14.4 Å². The summed E-state index contributed by atoms with van der Waals surface area (Å²) in [5.74, 6) is -0.940. The second-order valence-corrected chi connectivity index (χ2v) is 7.91. The number of urea groups is 1. The van der Waals surface area contributed by atoms with Crippen molar-refractivity contribution in [3.63, 3.8) is 0 Å². The topological polar surface area (TPSA) is 78.5 Å². The molecule has 1 saturated heterocycles. The minimum Gasteiger partial charge on any atom is -0.325 e. The van der Waals surface area contributed by atoms with Crippen LogP contribution < -0.4 is 10.6 Å². The smallest absolute Gasteiger partial charge is 0.325 e. The van der Waals surface area contributed by atoms with Crippen molar-refractivity contribution in [3.05, 3.63) is 114 Å². The molecule has 0 atom stereocenters. The predicted octanol–water partition coefficient (Wildman–Crippen LogP) is 4.27. The summed E-state index contributed by atoms with van der Waals surface area (Å²) in [7, 11) is 0. The largest absolute Gasteiger partial charge is 0.326 e. The number of nitrogens with zero attached hydrogens (tertiary/aromatic N) is 1. The summed E-state index contributed by atoms with van der Waals surface area (Å²) in [5.41, 5.74) is 0.477. The van der Waals surface area contributed by atoms with Crippen LogP contribution >= 0.6 is 0 Å². The molecule has 6 nitrogen and oxygen atoms in total. The van der Waals surface area contributed by atoms with Crippen molar-refractivity contribution in [2.45, 2.75) is 5.54 Å². The molecule has 0 aliphatic carbocycles. The molecule has 5 rings (SSSR count). The molecule has 4 amide bonds. The Hall–Kier alpha value is -4.45. The Bertz CT molecular complexity index is 1310. The number of benzene rings is 4. The molecule has 1 heterocycles. The van der Waals surface area contributed by atoms with Gasteiger partial charge in [0.1, 0.15) is 6.54 Å². The maximum absolute atomic E-state index is 13.7. The lowest BCUT2D eigenvalue weighted by molar-refractivity contribution is -0.133. The molecule has 0 aromatic heterocycles. The summed E-state index contributed by atoms with van der Waals surface area (Å²) in [5, 5.41) is 7.69. The van der Waals surface area contributed by atoms with Crippen LogP contribution in [0.2, 0.25) is 0 Å². The van der Waals surface area contributed by atoms with Gasteiger partial charge in [-0.05, 0) is 34.0 Å². The van der Waals surface area contributed by atoms with Crippen molar-refractivity contribution in [2.24, 2.45) is 0 Å². The number of hydrogen-bond donors (Lipinski definition) is 2. The zero-order valence-electron chi connectivity index (χ0n) is 17.7. The van der Waals surface area contributed by atoms with E-state index < -0.39 is 23.4 Å². The predicted molar refractivity (Wildman–Crippen MR) is 126 cm³/mol. The monoisotopic (exact) mass is 435 g/mol. The van der Waals surface area contributed by atoms with E-state index in [1.54, 1.807) is 30.3 Å². The molecule has 162 valence electrons. The van der Waals surface area contributed by atoms with Gasteiger partial charge < -0.3 is 10.6 Å². The van der Waals surface area contributed by atoms with E-state index >= 15 is 0 Å². The summed E-state index contributed by atoms with van der Waals surface area (Å²) in [6.45, 7) is -0.390. The molecule has 33 heavy (non-hydrogen) atoms. The van der Waals surface area contributed by atoms with E-state index in [4.69, 9.17) is 0 Å². The first-order valence-corrected chi connectivity index (χ1v) is 10.6. The highest BCUT2D eigenvalue weighted by Gasteiger charge is 2.54. The van der Waals surface area contributed by atoms with Crippen LogP contribution in [0.5, 0.6) is 0 Å². The van der Waals surface area contributed by atoms with Crippen LogP contribution in [0.4, 0.5) is 10.5 Å². The molecule has 0 bridgehead atoms. The van der Waals surface area contributed by atoms with Crippen molar-refractivity contribution >= 4 is 34.3 Å². The van der Waals surface area contributed by atoms with E-state index in [0.29, 0.717) is 16.8 Å². The molecule has 0 unspecified atom stereocenters. The molecule has 0 saturated carbocycles. The average molecular weight is 435 g/mol. The lowest BCUT2D eigenvalue weighted by atomic mass is 9.82. The normalized spacial score (nSPS) is 14.8. The van der Waals surface area contributed by atoms with Crippen molar-refractivity contribution in [3.8, 4) is 0 Å². The molecule has 2 N–H and O–H groups in total. The third-order valence-electron chi connectivity index (χ3n) is 5.85. The van der Waals surface area contributed by atoms with Crippen LogP contribution in [-0.4, -0.2) is 29.3 Å². The second-order valence-electron chi connectivity index (χ2n) is 7.91. The molecule has 1 aliphatic rings. The summed E-state index contributed by atoms with van der Waals surface area (Å²) in [6, 6.07) is 30.9. The maximum atomic E-state index is 13.7. The Balaban J connectivity index is 1.42. The van der Waals surface area contributed by atoms with Crippen LogP contribution in [0.3, 0.4) is 0 Å². The van der Waals surface area contributed by atoms with Crippen LogP contribution in [0.1, 0.15) is 11.1 Å². The second kappa shape index (κ2) is 8.24. The van der Waals surface area contributed by atoms with E-state index in [1.165, 1.54) is 0 Å². The summed E-state index contributed by atoms with van der Waals surface area (Å²) in [6.07, 6.45) is 0. The van der Waals surface area contributed by atoms with Gasteiger partial charge in [-0.2, -0.15) is 0 Å². The van der Waals surface area contributed by atoms with E-state index in [2.05, 4.69) is 10.6 Å². The van der Waals surface area contributed by atoms with Gasteiger partial charge >= 0.3 is 6.03 Å². The number of fused-ring (bicyclic) bond motifs is 1. The fourth-order valence-corrected chi connectivity index (χ4v) is 4.27. The summed E-state index contributed by atoms with van der Waals surface area (Å²) in [4.78, 5) is 40.4. The zero-order valence-corrected chi connectivity index (χ0v) is 17.7. The first-order chi connectivity index (χ1) is 16.1. The van der Waals surface area contributed by atoms with Crippen molar-refractivity contribution in [1.82, 2.24) is 10.2 Å². The third-order valence-corrected chi connectivity index (χ3v) is 5.85. The first kappa shape index (κ1) is 20.5. The molecule has 6 heteroatoms. The van der Waals surface area contributed by atoms with Gasteiger partial charge in [0.15, 0.2) is 5.54 Å². The Morgan fingerprint density at radius 1 is 0.758 bits per heavy atom. The zero-order chi connectivity index (χ0) is 22.8. The molecular formula is C27H21N3O3. The van der Waals surface area contributed by atoms with Crippen molar-refractivity contribution in [1.29, 1.82) is 0 Å². The number of amides is 4. The van der Waals surface area contributed by atoms with E-state index in [1.807, 2.05) is 72.8 Å². The van der Waals surface area contributed by atoms with Crippen LogP contribution in [0.25, 0.3) is 10.8 Å².